The average Bonchev–Trinajstić information content (AvgIpc) is 2.82. The number of morpholine rings is 1. The molecule has 1 atom stereocenters. The van der Waals surface area contributed by atoms with Gasteiger partial charge in [-0.1, -0.05) is 18.2 Å². The standard InChI is InChI=1S/C23H26N6O2/c1-27-22(30)13-20(19-8-9-24-16-25-19)26-23(27)29-11-12-31-18(15-29)14-28-10-4-6-17-5-2-3-7-21(17)28/h2-3,5,7-9,13,16,18H,4,6,10-12,14-15H2,1H3. The Hall–Kier alpha value is -3.26. The van der Waals surface area contributed by atoms with Crippen LogP contribution >= 0.6 is 0 Å². The third kappa shape index (κ3) is 4.03. The van der Waals surface area contributed by atoms with Gasteiger partial charge in [0.25, 0.3) is 5.56 Å². The molecule has 160 valence electrons. The Bertz CT molecular complexity index is 1120. The molecule has 8 nitrogen and oxygen atoms in total. The maximum absolute atomic E-state index is 12.6. The van der Waals surface area contributed by atoms with Gasteiger partial charge in [-0.25, -0.2) is 15.0 Å². The van der Waals surface area contributed by atoms with Crippen molar-refractivity contribution in [2.75, 3.05) is 42.6 Å². The molecule has 3 aromatic rings. The molecule has 1 saturated heterocycles. The molecule has 4 heterocycles. The van der Waals surface area contributed by atoms with E-state index in [1.165, 1.54) is 23.6 Å². The fourth-order valence-corrected chi connectivity index (χ4v) is 4.44. The van der Waals surface area contributed by atoms with Gasteiger partial charge in [0.2, 0.25) is 5.95 Å². The number of rotatable bonds is 4. The van der Waals surface area contributed by atoms with Crippen LogP contribution in [0.25, 0.3) is 11.4 Å². The van der Waals surface area contributed by atoms with Gasteiger partial charge in [-0.05, 0) is 30.5 Å². The van der Waals surface area contributed by atoms with E-state index in [0.717, 1.165) is 25.9 Å². The molecule has 0 aliphatic carbocycles. The van der Waals surface area contributed by atoms with Crippen molar-refractivity contribution in [2.45, 2.75) is 18.9 Å². The van der Waals surface area contributed by atoms with Crippen LogP contribution in [0.15, 0.2) is 53.7 Å². The van der Waals surface area contributed by atoms with Gasteiger partial charge in [0.1, 0.15) is 6.33 Å². The van der Waals surface area contributed by atoms with Gasteiger partial charge in [0, 0.05) is 51.2 Å². The summed E-state index contributed by atoms with van der Waals surface area (Å²) in [6, 6.07) is 11.9. The maximum atomic E-state index is 12.6. The fourth-order valence-electron chi connectivity index (χ4n) is 4.44. The van der Waals surface area contributed by atoms with Crippen LogP contribution in [0.5, 0.6) is 0 Å². The summed E-state index contributed by atoms with van der Waals surface area (Å²) < 4.78 is 7.71. The second kappa shape index (κ2) is 8.47. The van der Waals surface area contributed by atoms with Gasteiger partial charge in [-0.15, -0.1) is 0 Å². The zero-order valence-electron chi connectivity index (χ0n) is 17.6. The summed E-state index contributed by atoms with van der Waals surface area (Å²) in [5.74, 6) is 0.647. The van der Waals surface area contributed by atoms with Gasteiger partial charge in [-0.3, -0.25) is 9.36 Å². The highest BCUT2D eigenvalue weighted by Gasteiger charge is 2.27. The van der Waals surface area contributed by atoms with E-state index < -0.39 is 0 Å². The molecule has 2 aliphatic heterocycles. The first-order valence-corrected chi connectivity index (χ1v) is 10.7. The van der Waals surface area contributed by atoms with E-state index >= 15 is 0 Å². The summed E-state index contributed by atoms with van der Waals surface area (Å²) in [6.45, 7) is 3.85. The van der Waals surface area contributed by atoms with Gasteiger partial charge in [0.05, 0.1) is 24.1 Å². The number of ether oxygens (including phenoxy) is 1. The smallest absolute Gasteiger partial charge is 0.255 e. The number of anilines is 2. The lowest BCUT2D eigenvalue weighted by Gasteiger charge is -2.39. The quantitative estimate of drug-likeness (QED) is 0.640. The lowest BCUT2D eigenvalue weighted by atomic mass is 10.0. The number of hydrogen-bond acceptors (Lipinski definition) is 7. The SMILES string of the molecule is Cn1c(N2CCOC(CN3CCCc4ccccc43)C2)nc(-c2ccncn2)cc1=O. The van der Waals surface area contributed by atoms with Crippen LogP contribution in [0.1, 0.15) is 12.0 Å². The molecule has 0 saturated carbocycles. The number of aryl methyl sites for hydroxylation is 1. The molecular formula is C23H26N6O2. The Morgan fingerprint density at radius 1 is 1.16 bits per heavy atom. The third-order valence-corrected chi connectivity index (χ3v) is 6.01. The molecule has 1 unspecified atom stereocenters. The molecule has 0 radical (unpaired) electrons. The predicted octanol–water partition coefficient (Wildman–Crippen LogP) is 1.90. The van der Waals surface area contributed by atoms with Gasteiger partial charge >= 0.3 is 0 Å². The molecule has 2 aliphatic rings. The predicted molar refractivity (Wildman–Crippen MR) is 119 cm³/mol. The van der Waals surface area contributed by atoms with Crippen LogP contribution in [0.4, 0.5) is 11.6 Å². The van der Waals surface area contributed by atoms with Crippen molar-refractivity contribution >= 4 is 11.6 Å². The van der Waals surface area contributed by atoms with E-state index in [9.17, 15) is 4.79 Å². The first kappa shape index (κ1) is 19.7. The van der Waals surface area contributed by atoms with Crippen LogP contribution < -0.4 is 15.4 Å². The molecule has 0 amide bonds. The van der Waals surface area contributed by atoms with E-state index in [1.54, 1.807) is 23.9 Å². The Morgan fingerprint density at radius 2 is 2.06 bits per heavy atom. The van der Waals surface area contributed by atoms with Crippen molar-refractivity contribution in [3.05, 3.63) is 64.8 Å². The van der Waals surface area contributed by atoms with Crippen molar-refractivity contribution in [3.63, 3.8) is 0 Å². The third-order valence-electron chi connectivity index (χ3n) is 6.01. The number of para-hydroxylation sites is 1. The highest BCUT2D eigenvalue weighted by Crippen LogP contribution is 2.27. The fraction of sp³-hybridized carbons (Fsp3) is 0.391. The molecule has 1 aromatic carbocycles. The first-order chi connectivity index (χ1) is 15.2. The van der Waals surface area contributed by atoms with Gasteiger partial charge in [0.15, 0.2) is 0 Å². The Kier molecular flexibility index (Phi) is 5.38. The van der Waals surface area contributed by atoms with E-state index in [-0.39, 0.29) is 11.7 Å². The number of hydrogen-bond donors (Lipinski definition) is 0. The lowest BCUT2D eigenvalue weighted by Crippen LogP contribution is -2.50. The van der Waals surface area contributed by atoms with Crippen LogP contribution in [-0.2, 0) is 18.2 Å². The topological polar surface area (TPSA) is 76.4 Å². The monoisotopic (exact) mass is 418 g/mol. The molecule has 5 rings (SSSR count). The minimum Gasteiger partial charge on any atom is -0.373 e. The number of nitrogens with zero attached hydrogens (tertiary/aromatic N) is 6. The van der Waals surface area contributed by atoms with Crippen molar-refractivity contribution in [2.24, 2.45) is 7.05 Å². The van der Waals surface area contributed by atoms with Crippen molar-refractivity contribution in [1.82, 2.24) is 19.5 Å². The molecule has 31 heavy (non-hydrogen) atoms. The average molecular weight is 419 g/mol. The summed E-state index contributed by atoms with van der Waals surface area (Å²) in [4.78, 5) is 30.2. The number of benzene rings is 1. The highest BCUT2D eigenvalue weighted by atomic mass is 16.5. The van der Waals surface area contributed by atoms with E-state index in [4.69, 9.17) is 9.72 Å². The highest BCUT2D eigenvalue weighted by molar-refractivity contribution is 5.56. The Labute approximate surface area is 181 Å². The normalized spacial score (nSPS) is 18.7. The van der Waals surface area contributed by atoms with Crippen LogP contribution in [0.3, 0.4) is 0 Å². The Balaban J connectivity index is 1.38. The zero-order valence-corrected chi connectivity index (χ0v) is 17.6. The van der Waals surface area contributed by atoms with E-state index in [0.29, 0.717) is 37.0 Å². The number of aromatic nitrogens is 4. The minimum atomic E-state index is -0.105. The van der Waals surface area contributed by atoms with E-state index in [2.05, 4.69) is 44.0 Å². The molecule has 1 fully saturated rings. The first-order valence-electron chi connectivity index (χ1n) is 10.7. The Morgan fingerprint density at radius 3 is 2.94 bits per heavy atom. The van der Waals surface area contributed by atoms with E-state index in [1.807, 2.05) is 0 Å². The summed E-state index contributed by atoms with van der Waals surface area (Å²) in [7, 11) is 1.76. The number of fused-ring (bicyclic) bond motifs is 1. The minimum absolute atomic E-state index is 0.0412. The molecule has 2 aromatic heterocycles. The summed E-state index contributed by atoms with van der Waals surface area (Å²) >= 11 is 0. The zero-order chi connectivity index (χ0) is 21.2. The van der Waals surface area contributed by atoms with Gasteiger partial charge < -0.3 is 14.5 Å². The van der Waals surface area contributed by atoms with Gasteiger partial charge in [-0.2, -0.15) is 0 Å². The molecule has 8 heteroatoms. The largest absolute Gasteiger partial charge is 0.373 e. The van der Waals surface area contributed by atoms with Crippen LogP contribution in [-0.4, -0.2) is 58.4 Å². The van der Waals surface area contributed by atoms with Crippen molar-refractivity contribution in [1.29, 1.82) is 0 Å². The molecule has 0 bridgehead atoms. The molecule has 0 spiro atoms. The lowest BCUT2D eigenvalue weighted by molar-refractivity contribution is 0.0442. The second-order valence-electron chi connectivity index (χ2n) is 8.05. The van der Waals surface area contributed by atoms with Crippen molar-refractivity contribution < 1.29 is 4.74 Å². The van der Waals surface area contributed by atoms with Crippen LogP contribution in [0.2, 0.25) is 0 Å². The molecular weight excluding hydrogens is 392 g/mol. The molecule has 0 N–H and O–H groups in total. The van der Waals surface area contributed by atoms with Crippen LogP contribution in [0, 0.1) is 0 Å². The maximum Gasteiger partial charge on any atom is 0.255 e. The summed E-state index contributed by atoms with van der Waals surface area (Å²) in [5, 5.41) is 0. The summed E-state index contributed by atoms with van der Waals surface area (Å²) in [5.41, 5.74) is 3.82. The van der Waals surface area contributed by atoms with Crippen molar-refractivity contribution in [3.8, 4) is 11.4 Å². The second-order valence-corrected chi connectivity index (χ2v) is 8.05. The summed E-state index contributed by atoms with van der Waals surface area (Å²) in [6.07, 6.45) is 5.45.